The Morgan fingerprint density at radius 2 is 1.70 bits per heavy atom. The van der Waals surface area contributed by atoms with Gasteiger partial charge in [-0.1, -0.05) is 36.4 Å². The van der Waals surface area contributed by atoms with E-state index in [0.29, 0.717) is 0 Å². The quantitative estimate of drug-likeness (QED) is 0.725. The molecule has 4 rings (SSSR count). The number of para-hydroxylation sites is 2. The molecular weight excluding hydrogens is 286 g/mol. The molecule has 1 aliphatic rings. The zero-order chi connectivity index (χ0) is 15.6. The van der Waals surface area contributed by atoms with Crippen LogP contribution in [-0.4, -0.2) is 17.1 Å². The van der Waals surface area contributed by atoms with Crippen LogP contribution in [0.15, 0.2) is 54.6 Å². The second-order valence-corrected chi connectivity index (χ2v) is 5.98. The van der Waals surface area contributed by atoms with Gasteiger partial charge < -0.3 is 4.74 Å². The van der Waals surface area contributed by atoms with Crippen LogP contribution in [0, 0.1) is 0 Å². The monoisotopic (exact) mass is 305 g/mol. The van der Waals surface area contributed by atoms with Gasteiger partial charge >= 0.3 is 0 Å². The number of aromatic nitrogens is 1. The summed E-state index contributed by atoms with van der Waals surface area (Å²) in [6, 6.07) is 17.7. The molecule has 0 unspecified atom stereocenters. The number of rotatable bonds is 3. The minimum Gasteiger partial charge on any atom is -0.484 e. The lowest BCUT2D eigenvalue weighted by Crippen LogP contribution is -2.22. The SMILES string of the molecule is O=C(COc1ccccc1)n1c2c(c3ccccc31)CCCC2. The third kappa shape index (κ3) is 2.52. The molecule has 3 aromatic rings. The molecule has 2 aromatic carbocycles. The molecule has 1 heterocycles. The first-order chi connectivity index (χ1) is 11.3. The van der Waals surface area contributed by atoms with Crippen LogP contribution in [-0.2, 0) is 12.8 Å². The number of fused-ring (bicyclic) bond motifs is 3. The molecule has 0 saturated carbocycles. The van der Waals surface area contributed by atoms with Crippen molar-refractivity contribution in [2.75, 3.05) is 6.61 Å². The summed E-state index contributed by atoms with van der Waals surface area (Å²) in [7, 11) is 0. The van der Waals surface area contributed by atoms with E-state index in [4.69, 9.17) is 4.74 Å². The second kappa shape index (κ2) is 5.92. The minimum atomic E-state index is 0.00760. The summed E-state index contributed by atoms with van der Waals surface area (Å²) in [5.41, 5.74) is 3.54. The maximum atomic E-state index is 12.8. The number of carbonyl (C=O) groups is 1. The van der Waals surface area contributed by atoms with Crippen molar-refractivity contribution >= 4 is 16.8 Å². The molecule has 0 spiro atoms. The Kier molecular flexibility index (Phi) is 3.62. The number of hydrogen-bond acceptors (Lipinski definition) is 2. The van der Waals surface area contributed by atoms with Crippen LogP contribution in [0.25, 0.3) is 10.9 Å². The zero-order valence-electron chi connectivity index (χ0n) is 13.0. The summed E-state index contributed by atoms with van der Waals surface area (Å²) < 4.78 is 7.54. The number of benzene rings is 2. The number of carbonyl (C=O) groups excluding carboxylic acids is 1. The lowest BCUT2D eigenvalue weighted by molar-refractivity contribution is 0.0839. The number of nitrogens with zero attached hydrogens (tertiary/aromatic N) is 1. The Bertz CT molecular complexity index is 849. The van der Waals surface area contributed by atoms with Gasteiger partial charge in [0.05, 0.1) is 5.52 Å². The van der Waals surface area contributed by atoms with Crippen LogP contribution >= 0.6 is 0 Å². The smallest absolute Gasteiger partial charge is 0.269 e. The lowest BCUT2D eigenvalue weighted by Gasteiger charge is -2.15. The molecule has 116 valence electrons. The number of ether oxygens (including phenoxy) is 1. The average molecular weight is 305 g/mol. The predicted octanol–water partition coefficient (Wildman–Crippen LogP) is 4.24. The van der Waals surface area contributed by atoms with E-state index in [2.05, 4.69) is 6.07 Å². The van der Waals surface area contributed by atoms with Crippen LogP contribution in [0.1, 0.15) is 28.9 Å². The van der Waals surface area contributed by atoms with E-state index >= 15 is 0 Å². The van der Waals surface area contributed by atoms with Gasteiger partial charge in [-0.3, -0.25) is 9.36 Å². The first-order valence-electron chi connectivity index (χ1n) is 8.17. The highest BCUT2D eigenvalue weighted by molar-refractivity contribution is 5.96. The summed E-state index contributed by atoms with van der Waals surface area (Å²) >= 11 is 0. The fraction of sp³-hybridized carbons (Fsp3) is 0.250. The van der Waals surface area contributed by atoms with E-state index < -0.39 is 0 Å². The van der Waals surface area contributed by atoms with Crippen molar-refractivity contribution in [2.45, 2.75) is 25.7 Å². The van der Waals surface area contributed by atoms with Crippen molar-refractivity contribution in [1.82, 2.24) is 4.57 Å². The van der Waals surface area contributed by atoms with Crippen molar-refractivity contribution in [2.24, 2.45) is 0 Å². The molecule has 0 bridgehead atoms. The Morgan fingerprint density at radius 3 is 2.57 bits per heavy atom. The molecule has 0 saturated heterocycles. The summed E-state index contributed by atoms with van der Waals surface area (Å²) in [6.45, 7) is 0.0646. The largest absolute Gasteiger partial charge is 0.484 e. The van der Waals surface area contributed by atoms with E-state index in [-0.39, 0.29) is 12.5 Å². The molecule has 3 heteroatoms. The van der Waals surface area contributed by atoms with Gasteiger partial charge in [-0.05, 0) is 49.4 Å². The van der Waals surface area contributed by atoms with Gasteiger partial charge in [0.1, 0.15) is 5.75 Å². The number of hydrogen-bond donors (Lipinski definition) is 0. The topological polar surface area (TPSA) is 31.2 Å². The summed E-state index contributed by atoms with van der Waals surface area (Å²) in [4.78, 5) is 12.8. The van der Waals surface area contributed by atoms with Crippen molar-refractivity contribution < 1.29 is 9.53 Å². The molecule has 0 atom stereocenters. The van der Waals surface area contributed by atoms with Crippen molar-refractivity contribution in [1.29, 1.82) is 0 Å². The molecule has 3 nitrogen and oxygen atoms in total. The Labute approximate surface area is 135 Å². The van der Waals surface area contributed by atoms with Crippen LogP contribution in [0.3, 0.4) is 0 Å². The third-order valence-corrected chi connectivity index (χ3v) is 4.53. The standard InChI is InChI=1S/C20H19NO2/c22-20(14-23-15-8-2-1-3-9-15)21-18-12-6-4-10-16(18)17-11-5-7-13-19(17)21/h1-4,6,8-10,12H,5,7,11,13-14H2. The molecular formula is C20H19NO2. The fourth-order valence-corrected chi connectivity index (χ4v) is 3.51. The number of aryl methyl sites for hydroxylation is 1. The zero-order valence-corrected chi connectivity index (χ0v) is 13.0. The van der Waals surface area contributed by atoms with Gasteiger partial charge in [-0.15, -0.1) is 0 Å². The summed E-state index contributed by atoms with van der Waals surface area (Å²) in [5.74, 6) is 0.736. The van der Waals surface area contributed by atoms with Crippen molar-refractivity contribution in [3.63, 3.8) is 0 Å². The maximum Gasteiger partial charge on any atom is 0.269 e. The van der Waals surface area contributed by atoms with E-state index in [1.54, 1.807) is 0 Å². The van der Waals surface area contributed by atoms with Gasteiger partial charge in [0.15, 0.2) is 6.61 Å². The van der Waals surface area contributed by atoms with Gasteiger partial charge in [-0.25, -0.2) is 0 Å². The Hall–Kier alpha value is -2.55. The first kappa shape index (κ1) is 14.1. The second-order valence-electron chi connectivity index (χ2n) is 5.98. The van der Waals surface area contributed by atoms with Crippen LogP contribution in [0.5, 0.6) is 5.75 Å². The average Bonchev–Trinajstić information content (AvgIpc) is 2.95. The molecule has 1 aliphatic carbocycles. The minimum absolute atomic E-state index is 0.00760. The molecule has 23 heavy (non-hydrogen) atoms. The van der Waals surface area contributed by atoms with E-state index in [0.717, 1.165) is 30.5 Å². The molecule has 0 amide bonds. The highest BCUT2D eigenvalue weighted by Gasteiger charge is 2.23. The third-order valence-electron chi connectivity index (χ3n) is 4.53. The van der Waals surface area contributed by atoms with Crippen molar-refractivity contribution in [3.8, 4) is 5.75 Å². The Balaban J connectivity index is 1.69. The lowest BCUT2D eigenvalue weighted by atomic mass is 9.96. The van der Waals surface area contributed by atoms with Gasteiger partial charge in [0, 0.05) is 11.1 Å². The summed E-state index contributed by atoms with van der Waals surface area (Å²) in [5, 5.41) is 1.22. The fourth-order valence-electron chi connectivity index (χ4n) is 3.51. The molecule has 0 aliphatic heterocycles. The van der Waals surface area contributed by atoms with Crippen LogP contribution < -0.4 is 4.74 Å². The maximum absolute atomic E-state index is 12.8. The predicted molar refractivity (Wildman–Crippen MR) is 91.1 cm³/mol. The highest BCUT2D eigenvalue weighted by Crippen LogP contribution is 2.32. The molecule has 0 radical (unpaired) electrons. The van der Waals surface area contributed by atoms with E-state index in [9.17, 15) is 4.79 Å². The Morgan fingerprint density at radius 1 is 0.957 bits per heavy atom. The van der Waals surface area contributed by atoms with Crippen LogP contribution in [0.4, 0.5) is 0 Å². The molecule has 0 fully saturated rings. The normalized spacial score (nSPS) is 13.7. The van der Waals surface area contributed by atoms with Gasteiger partial charge in [0.2, 0.25) is 0 Å². The van der Waals surface area contributed by atoms with Gasteiger partial charge in [-0.2, -0.15) is 0 Å². The molecule has 0 N–H and O–H groups in total. The molecule has 1 aromatic heterocycles. The van der Waals surface area contributed by atoms with Gasteiger partial charge in [0.25, 0.3) is 5.91 Å². The first-order valence-corrected chi connectivity index (χ1v) is 8.17. The van der Waals surface area contributed by atoms with Crippen molar-refractivity contribution in [3.05, 3.63) is 65.9 Å². The highest BCUT2D eigenvalue weighted by atomic mass is 16.5. The van der Waals surface area contributed by atoms with E-state index in [1.165, 1.54) is 23.1 Å². The van der Waals surface area contributed by atoms with E-state index in [1.807, 2.05) is 53.1 Å². The van der Waals surface area contributed by atoms with Crippen LogP contribution in [0.2, 0.25) is 0 Å². The summed E-state index contributed by atoms with van der Waals surface area (Å²) in [6.07, 6.45) is 4.39.